The molecule has 3 rings (SSSR count). The highest BCUT2D eigenvalue weighted by Gasteiger charge is 2.38. The summed E-state index contributed by atoms with van der Waals surface area (Å²) in [6.07, 6.45) is 3.71. The van der Waals surface area contributed by atoms with Crippen LogP contribution in [-0.4, -0.2) is 48.3 Å². The number of carbonyl (C=O) groups is 2. The molecule has 0 radical (unpaired) electrons. The molecule has 2 fully saturated rings. The van der Waals surface area contributed by atoms with Gasteiger partial charge in [0.15, 0.2) is 11.5 Å². The SMILES string of the molecule is COc1cc(CNC(=O)C2CN(C(=O)O[C@H]3CC[C@H](C(C)(C)C)CC3)C2)ccc1O. The van der Waals surface area contributed by atoms with E-state index in [0.717, 1.165) is 31.2 Å². The topological polar surface area (TPSA) is 88.1 Å². The van der Waals surface area contributed by atoms with Crippen molar-refractivity contribution >= 4 is 12.0 Å². The van der Waals surface area contributed by atoms with Gasteiger partial charge in [0.25, 0.3) is 0 Å². The van der Waals surface area contributed by atoms with Gasteiger partial charge in [-0.2, -0.15) is 0 Å². The first-order valence-electron chi connectivity index (χ1n) is 10.8. The van der Waals surface area contributed by atoms with Gasteiger partial charge in [-0.25, -0.2) is 4.79 Å². The second kappa shape index (κ2) is 9.14. The Morgan fingerprint density at radius 2 is 1.83 bits per heavy atom. The molecule has 1 saturated heterocycles. The fourth-order valence-corrected chi connectivity index (χ4v) is 4.22. The first-order valence-corrected chi connectivity index (χ1v) is 10.8. The second-order valence-electron chi connectivity index (χ2n) is 9.55. The monoisotopic (exact) mass is 418 g/mol. The van der Waals surface area contributed by atoms with Gasteiger partial charge in [0, 0.05) is 19.6 Å². The predicted octanol–water partition coefficient (Wildman–Crippen LogP) is 3.69. The molecule has 2 N–H and O–H groups in total. The number of aromatic hydroxyl groups is 1. The zero-order valence-corrected chi connectivity index (χ0v) is 18.4. The minimum Gasteiger partial charge on any atom is -0.504 e. The number of nitrogens with one attached hydrogen (secondary N) is 1. The summed E-state index contributed by atoms with van der Waals surface area (Å²) in [5.74, 6) is 0.812. The Kier molecular flexibility index (Phi) is 6.78. The Morgan fingerprint density at radius 1 is 1.17 bits per heavy atom. The summed E-state index contributed by atoms with van der Waals surface area (Å²) in [7, 11) is 1.48. The number of benzene rings is 1. The highest BCUT2D eigenvalue weighted by Crippen LogP contribution is 2.38. The van der Waals surface area contributed by atoms with Crippen molar-refractivity contribution in [2.45, 2.75) is 59.1 Å². The number of ether oxygens (including phenoxy) is 2. The van der Waals surface area contributed by atoms with Gasteiger partial charge in [0.05, 0.1) is 13.0 Å². The van der Waals surface area contributed by atoms with Gasteiger partial charge >= 0.3 is 6.09 Å². The summed E-state index contributed by atoms with van der Waals surface area (Å²) in [4.78, 5) is 26.3. The Balaban J connectivity index is 1.37. The lowest BCUT2D eigenvalue weighted by Crippen LogP contribution is -2.56. The number of carbonyl (C=O) groups excluding carboxylic acids is 2. The smallest absolute Gasteiger partial charge is 0.410 e. The van der Waals surface area contributed by atoms with E-state index in [2.05, 4.69) is 26.1 Å². The van der Waals surface area contributed by atoms with Crippen LogP contribution in [-0.2, 0) is 16.1 Å². The lowest BCUT2D eigenvalue weighted by molar-refractivity contribution is -0.129. The van der Waals surface area contributed by atoms with E-state index in [9.17, 15) is 14.7 Å². The van der Waals surface area contributed by atoms with E-state index < -0.39 is 0 Å². The number of phenols is 1. The quantitative estimate of drug-likeness (QED) is 0.761. The second-order valence-corrected chi connectivity index (χ2v) is 9.55. The fraction of sp³-hybridized carbons (Fsp3) is 0.652. The predicted molar refractivity (Wildman–Crippen MR) is 113 cm³/mol. The molecule has 2 aliphatic rings. The molecular weight excluding hydrogens is 384 g/mol. The van der Waals surface area contributed by atoms with E-state index in [1.807, 2.05) is 0 Å². The Labute approximate surface area is 178 Å². The largest absolute Gasteiger partial charge is 0.504 e. The third-order valence-corrected chi connectivity index (χ3v) is 6.39. The lowest BCUT2D eigenvalue weighted by Gasteiger charge is -2.40. The molecule has 1 aromatic rings. The van der Waals surface area contributed by atoms with Crippen LogP contribution in [0.1, 0.15) is 52.0 Å². The van der Waals surface area contributed by atoms with Gasteiger partial charge in [0.2, 0.25) is 5.91 Å². The molecule has 1 saturated carbocycles. The summed E-state index contributed by atoms with van der Waals surface area (Å²) in [6.45, 7) is 7.93. The van der Waals surface area contributed by atoms with Crippen LogP contribution in [0.4, 0.5) is 4.79 Å². The number of hydrogen-bond donors (Lipinski definition) is 2. The highest BCUT2D eigenvalue weighted by molar-refractivity contribution is 5.82. The molecule has 0 spiro atoms. The molecule has 1 aromatic carbocycles. The molecule has 166 valence electrons. The molecule has 1 heterocycles. The number of methoxy groups -OCH3 is 1. The van der Waals surface area contributed by atoms with Crippen LogP contribution >= 0.6 is 0 Å². The van der Waals surface area contributed by atoms with E-state index in [0.29, 0.717) is 36.7 Å². The standard InChI is InChI=1S/C23H34N2O5/c1-23(2,3)17-6-8-18(9-7-17)30-22(28)25-13-16(14-25)21(27)24-12-15-5-10-19(26)20(11-15)29-4/h5,10-11,16-18,26H,6-9,12-14H2,1-4H3,(H,24,27)/t17-,18-. The van der Waals surface area contributed by atoms with Gasteiger partial charge in [-0.05, 0) is 54.7 Å². The van der Waals surface area contributed by atoms with Crippen LogP contribution in [0.25, 0.3) is 0 Å². The Bertz CT molecular complexity index is 759. The van der Waals surface area contributed by atoms with Crippen LogP contribution in [0.5, 0.6) is 11.5 Å². The number of nitrogens with zero attached hydrogens (tertiary/aromatic N) is 1. The van der Waals surface area contributed by atoms with Gasteiger partial charge < -0.3 is 24.8 Å². The third-order valence-electron chi connectivity index (χ3n) is 6.39. The van der Waals surface area contributed by atoms with Crippen molar-refractivity contribution < 1.29 is 24.2 Å². The zero-order valence-electron chi connectivity index (χ0n) is 18.4. The minimum atomic E-state index is -0.304. The maximum atomic E-state index is 12.4. The van der Waals surface area contributed by atoms with Crippen LogP contribution in [0.2, 0.25) is 0 Å². The normalized spacial score (nSPS) is 22.2. The lowest BCUT2D eigenvalue weighted by atomic mass is 9.72. The van der Waals surface area contributed by atoms with Crippen LogP contribution < -0.4 is 10.1 Å². The molecular formula is C23H34N2O5. The van der Waals surface area contributed by atoms with E-state index in [1.54, 1.807) is 17.0 Å². The molecule has 1 aliphatic heterocycles. The number of likely N-dealkylation sites (tertiary alicyclic amines) is 1. The van der Waals surface area contributed by atoms with Crippen molar-refractivity contribution in [1.29, 1.82) is 0 Å². The number of amides is 2. The highest BCUT2D eigenvalue weighted by atomic mass is 16.6. The summed E-state index contributed by atoms with van der Waals surface area (Å²) < 4.78 is 10.7. The average molecular weight is 419 g/mol. The molecule has 0 aromatic heterocycles. The molecule has 0 unspecified atom stereocenters. The van der Waals surface area contributed by atoms with Crippen LogP contribution in [0.3, 0.4) is 0 Å². The van der Waals surface area contributed by atoms with Gasteiger partial charge in [0.1, 0.15) is 6.10 Å². The molecule has 2 amide bonds. The molecule has 0 bridgehead atoms. The van der Waals surface area contributed by atoms with Crippen molar-refractivity contribution in [3.63, 3.8) is 0 Å². The van der Waals surface area contributed by atoms with E-state index in [-0.39, 0.29) is 29.8 Å². The van der Waals surface area contributed by atoms with E-state index >= 15 is 0 Å². The summed E-state index contributed by atoms with van der Waals surface area (Å²) in [6, 6.07) is 4.96. The zero-order chi connectivity index (χ0) is 21.9. The first kappa shape index (κ1) is 22.2. The summed E-state index contributed by atoms with van der Waals surface area (Å²) >= 11 is 0. The van der Waals surface area contributed by atoms with Gasteiger partial charge in [-0.3, -0.25) is 4.79 Å². The first-order chi connectivity index (χ1) is 14.2. The fourth-order valence-electron chi connectivity index (χ4n) is 4.22. The molecule has 7 heteroatoms. The maximum Gasteiger partial charge on any atom is 0.410 e. The Morgan fingerprint density at radius 3 is 2.43 bits per heavy atom. The van der Waals surface area contributed by atoms with Crippen LogP contribution in [0, 0.1) is 17.3 Å². The van der Waals surface area contributed by atoms with Crippen molar-refractivity contribution in [2.24, 2.45) is 17.3 Å². The van der Waals surface area contributed by atoms with Crippen molar-refractivity contribution in [2.75, 3.05) is 20.2 Å². The number of hydrogen-bond acceptors (Lipinski definition) is 5. The molecule has 0 atom stereocenters. The summed E-state index contributed by atoms with van der Waals surface area (Å²) in [5, 5.41) is 12.5. The molecule has 30 heavy (non-hydrogen) atoms. The third kappa shape index (κ3) is 5.37. The molecule has 7 nitrogen and oxygen atoms in total. The van der Waals surface area contributed by atoms with Crippen molar-refractivity contribution in [3.05, 3.63) is 23.8 Å². The summed E-state index contributed by atoms with van der Waals surface area (Å²) in [5.41, 5.74) is 1.14. The minimum absolute atomic E-state index is 0.00606. The van der Waals surface area contributed by atoms with Crippen molar-refractivity contribution in [3.8, 4) is 11.5 Å². The van der Waals surface area contributed by atoms with E-state index in [4.69, 9.17) is 9.47 Å². The number of rotatable bonds is 5. The number of phenolic OH excluding ortho intramolecular Hbond substituents is 1. The van der Waals surface area contributed by atoms with E-state index in [1.165, 1.54) is 13.2 Å². The van der Waals surface area contributed by atoms with Crippen molar-refractivity contribution in [1.82, 2.24) is 10.2 Å². The Hall–Kier alpha value is -2.44. The van der Waals surface area contributed by atoms with Gasteiger partial charge in [-0.1, -0.05) is 26.8 Å². The maximum absolute atomic E-state index is 12.4. The molecule has 1 aliphatic carbocycles. The van der Waals surface area contributed by atoms with Crippen LogP contribution in [0.15, 0.2) is 18.2 Å². The van der Waals surface area contributed by atoms with Gasteiger partial charge in [-0.15, -0.1) is 0 Å². The average Bonchev–Trinajstić information content (AvgIpc) is 2.66.